The van der Waals surface area contributed by atoms with E-state index in [1.807, 2.05) is 58.9 Å². The zero-order valence-electron chi connectivity index (χ0n) is 13.3. The van der Waals surface area contributed by atoms with E-state index < -0.39 is 0 Å². The van der Waals surface area contributed by atoms with Crippen LogP contribution in [-0.4, -0.2) is 15.7 Å². The minimum atomic E-state index is -0.108. The van der Waals surface area contributed by atoms with Crippen molar-refractivity contribution in [3.05, 3.63) is 77.0 Å². The molecule has 1 N–H and O–H groups in total. The second kappa shape index (κ2) is 6.17. The van der Waals surface area contributed by atoms with Crippen LogP contribution in [0.5, 0.6) is 0 Å². The van der Waals surface area contributed by atoms with Gasteiger partial charge in [-0.25, -0.2) is 4.68 Å². The van der Waals surface area contributed by atoms with E-state index in [1.165, 1.54) is 5.56 Å². The average Bonchev–Trinajstić information content (AvgIpc) is 3.19. The summed E-state index contributed by atoms with van der Waals surface area (Å²) in [6.45, 7) is 2.06. The highest BCUT2D eigenvalue weighted by Crippen LogP contribution is 2.36. The largest absolute Gasteiger partial charge is 0.306 e. The summed E-state index contributed by atoms with van der Waals surface area (Å²) < 4.78 is 1.85. The van der Waals surface area contributed by atoms with Crippen molar-refractivity contribution < 1.29 is 4.79 Å². The van der Waals surface area contributed by atoms with E-state index in [4.69, 9.17) is 5.10 Å². The summed E-state index contributed by atoms with van der Waals surface area (Å²) in [7, 11) is 0. The third-order valence-electron chi connectivity index (χ3n) is 4.10. The molecule has 0 spiro atoms. The van der Waals surface area contributed by atoms with Crippen molar-refractivity contribution >= 4 is 23.5 Å². The van der Waals surface area contributed by atoms with Gasteiger partial charge < -0.3 is 5.32 Å². The van der Waals surface area contributed by atoms with Crippen molar-refractivity contribution in [2.45, 2.75) is 18.4 Å². The van der Waals surface area contributed by atoms with Crippen LogP contribution in [0.2, 0.25) is 0 Å². The maximum atomic E-state index is 12.6. The topological polar surface area (TPSA) is 46.9 Å². The molecule has 1 aromatic heterocycles. The fraction of sp³-hybridized carbons (Fsp3) is 0.158. The van der Waals surface area contributed by atoms with E-state index in [0.717, 1.165) is 34.3 Å². The van der Waals surface area contributed by atoms with Crippen LogP contribution in [0.4, 0.5) is 5.82 Å². The van der Waals surface area contributed by atoms with Gasteiger partial charge in [0.05, 0.1) is 11.4 Å². The summed E-state index contributed by atoms with van der Waals surface area (Å²) in [6.07, 6.45) is 0. The van der Waals surface area contributed by atoms with Crippen molar-refractivity contribution in [2.24, 2.45) is 0 Å². The third-order valence-corrected chi connectivity index (χ3v) is 5.07. The molecule has 2 heterocycles. The van der Waals surface area contributed by atoms with Gasteiger partial charge in [-0.3, -0.25) is 4.79 Å². The molecule has 0 radical (unpaired) electrons. The molecule has 5 heteroatoms. The van der Waals surface area contributed by atoms with Gasteiger partial charge in [0.15, 0.2) is 0 Å². The highest BCUT2D eigenvalue weighted by molar-refractivity contribution is 7.98. The molecular formula is C19H17N3OS. The molecule has 1 aliphatic rings. The third kappa shape index (κ3) is 2.71. The van der Waals surface area contributed by atoms with Crippen molar-refractivity contribution in [2.75, 3.05) is 5.32 Å². The summed E-state index contributed by atoms with van der Waals surface area (Å²) in [5.41, 5.74) is 4.99. The quantitative estimate of drug-likeness (QED) is 0.781. The molecule has 0 bridgehead atoms. The second-order valence-corrected chi connectivity index (χ2v) is 6.82. The minimum Gasteiger partial charge on any atom is -0.306 e. The first-order chi connectivity index (χ1) is 11.7. The van der Waals surface area contributed by atoms with Gasteiger partial charge in [-0.2, -0.15) is 16.9 Å². The van der Waals surface area contributed by atoms with Gasteiger partial charge in [-0.1, -0.05) is 35.9 Å². The van der Waals surface area contributed by atoms with Crippen LogP contribution in [-0.2, 0) is 11.5 Å². The lowest BCUT2D eigenvalue weighted by atomic mass is 10.2. The molecule has 0 saturated heterocycles. The Morgan fingerprint density at radius 1 is 1.08 bits per heavy atom. The molecule has 0 saturated carbocycles. The Labute approximate surface area is 144 Å². The summed E-state index contributed by atoms with van der Waals surface area (Å²) in [6, 6.07) is 17.4. The summed E-state index contributed by atoms with van der Waals surface area (Å²) in [5.74, 6) is 2.45. The van der Waals surface area contributed by atoms with Gasteiger partial charge in [0.25, 0.3) is 5.91 Å². The number of benzene rings is 2. The molecule has 1 amide bonds. The zero-order chi connectivity index (χ0) is 16.5. The summed E-state index contributed by atoms with van der Waals surface area (Å²) >= 11 is 1.83. The molecule has 3 aromatic rings. The number of rotatable bonds is 3. The molecule has 2 aromatic carbocycles. The number of hydrogen-bond acceptors (Lipinski definition) is 3. The number of carbonyl (C=O) groups is 1. The molecule has 120 valence electrons. The van der Waals surface area contributed by atoms with Crippen LogP contribution in [0.3, 0.4) is 0 Å². The Hall–Kier alpha value is -2.53. The normalized spacial score (nSPS) is 12.9. The Kier molecular flexibility index (Phi) is 3.86. The average molecular weight is 335 g/mol. The van der Waals surface area contributed by atoms with E-state index in [0.29, 0.717) is 5.56 Å². The lowest BCUT2D eigenvalue weighted by molar-refractivity contribution is 0.102. The first-order valence-electron chi connectivity index (χ1n) is 7.84. The number of aromatic nitrogens is 2. The first kappa shape index (κ1) is 15.0. The molecule has 0 fully saturated rings. The highest BCUT2D eigenvalue weighted by Gasteiger charge is 2.24. The van der Waals surface area contributed by atoms with Gasteiger partial charge in [0.1, 0.15) is 5.82 Å². The maximum absolute atomic E-state index is 12.6. The van der Waals surface area contributed by atoms with E-state index in [1.54, 1.807) is 0 Å². The fourth-order valence-corrected chi connectivity index (χ4v) is 3.82. The SMILES string of the molecule is Cc1ccc(-n2nc3c(c2NC(=O)c2ccccc2)CSC3)cc1. The number of anilines is 1. The number of carbonyl (C=O) groups excluding carboxylic acids is 1. The zero-order valence-corrected chi connectivity index (χ0v) is 14.1. The van der Waals surface area contributed by atoms with E-state index in [-0.39, 0.29) is 5.91 Å². The number of aryl methyl sites for hydroxylation is 1. The molecule has 1 aliphatic heterocycles. The van der Waals surface area contributed by atoms with Crippen molar-refractivity contribution in [1.82, 2.24) is 9.78 Å². The molecule has 0 aliphatic carbocycles. The lowest BCUT2D eigenvalue weighted by Gasteiger charge is -2.11. The highest BCUT2D eigenvalue weighted by atomic mass is 32.2. The van der Waals surface area contributed by atoms with Gasteiger partial charge >= 0.3 is 0 Å². The number of hydrogen-bond donors (Lipinski definition) is 1. The van der Waals surface area contributed by atoms with Crippen molar-refractivity contribution in [3.8, 4) is 5.69 Å². The Morgan fingerprint density at radius 3 is 2.58 bits per heavy atom. The van der Waals surface area contributed by atoms with Crippen LogP contribution >= 0.6 is 11.8 Å². The minimum absolute atomic E-state index is 0.108. The molecule has 0 atom stereocenters. The molecule has 4 rings (SSSR count). The molecule has 0 unspecified atom stereocenters. The number of nitrogens with one attached hydrogen (secondary N) is 1. The molecule has 24 heavy (non-hydrogen) atoms. The van der Waals surface area contributed by atoms with Gasteiger partial charge in [0, 0.05) is 22.6 Å². The maximum Gasteiger partial charge on any atom is 0.256 e. The van der Waals surface area contributed by atoms with Crippen molar-refractivity contribution in [3.63, 3.8) is 0 Å². The molecule has 4 nitrogen and oxygen atoms in total. The monoisotopic (exact) mass is 335 g/mol. The van der Waals surface area contributed by atoms with Gasteiger partial charge in [-0.05, 0) is 31.2 Å². The van der Waals surface area contributed by atoms with E-state index >= 15 is 0 Å². The standard InChI is InChI=1S/C19H17N3OS/c1-13-7-9-15(10-8-13)22-18(16-11-24-12-17(16)21-22)20-19(23)14-5-3-2-4-6-14/h2-10H,11-12H2,1H3,(H,20,23). The smallest absolute Gasteiger partial charge is 0.256 e. The Morgan fingerprint density at radius 2 is 1.83 bits per heavy atom. The van der Waals surface area contributed by atoms with Gasteiger partial charge in [-0.15, -0.1) is 0 Å². The number of fused-ring (bicyclic) bond motifs is 1. The fourth-order valence-electron chi connectivity index (χ4n) is 2.78. The van der Waals surface area contributed by atoms with Crippen LogP contribution in [0.25, 0.3) is 5.69 Å². The first-order valence-corrected chi connectivity index (χ1v) is 9.00. The lowest BCUT2D eigenvalue weighted by Crippen LogP contribution is -2.16. The molecular weight excluding hydrogens is 318 g/mol. The number of nitrogens with zero attached hydrogens (tertiary/aromatic N) is 2. The van der Waals surface area contributed by atoms with E-state index in [2.05, 4.69) is 24.4 Å². The predicted octanol–water partition coefficient (Wildman–Crippen LogP) is 4.18. The number of amides is 1. The second-order valence-electron chi connectivity index (χ2n) is 5.83. The summed E-state index contributed by atoms with van der Waals surface area (Å²) in [5, 5.41) is 7.79. The van der Waals surface area contributed by atoms with Crippen LogP contribution in [0.15, 0.2) is 54.6 Å². The Bertz CT molecular complexity index is 885. The Balaban J connectivity index is 1.74. The van der Waals surface area contributed by atoms with Crippen LogP contribution in [0.1, 0.15) is 27.2 Å². The summed E-state index contributed by atoms with van der Waals surface area (Å²) in [4.78, 5) is 12.6. The number of thioether (sulfide) groups is 1. The van der Waals surface area contributed by atoms with E-state index in [9.17, 15) is 4.79 Å². The van der Waals surface area contributed by atoms with Crippen molar-refractivity contribution in [1.29, 1.82) is 0 Å². The van der Waals surface area contributed by atoms with Crippen LogP contribution in [0, 0.1) is 6.92 Å². The predicted molar refractivity (Wildman–Crippen MR) is 97.7 cm³/mol. The van der Waals surface area contributed by atoms with Gasteiger partial charge in [0.2, 0.25) is 0 Å². The van der Waals surface area contributed by atoms with Crippen LogP contribution < -0.4 is 5.32 Å².